The Morgan fingerprint density at radius 1 is 0.909 bits per heavy atom. The summed E-state index contributed by atoms with van der Waals surface area (Å²) in [6.07, 6.45) is 1.59. The molecule has 1 heterocycles. The van der Waals surface area contributed by atoms with Crippen LogP contribution in [0.2, 0.25) is 0 Å². The fourth-order valence-electron chi connectivity index (χ4n) is 3.89. The number of nitrogens with zero attached hydrogens (tertiary/aromatic N) is 1. The van der Waals surface area contributed by atoms with E-state index in [1.54, 1.807) is 11.8 Å². The van der Waals surface area contributed by atoms with E-state index in [4.69, 9.17) is 4.74 Å². The number of rotatable bonds is 6. The van der Waals surface area contributed by atoms with Gasteiger partial charge in [0.05, 0.1) is 21.8 Å². The fourth-order valence-corrected chi connectivity index (χ4v) is 4.97. The molecule has 0 saturated carbocycles. The van der Waals surface area contributed by atoms with Gasteiger partial charge in [-0.25, -0.2) is 17.9 Å². The van der Waals surface area contributed by atoms with E-state index in [2.05, 4.69) is 4.72 Å². The molecule has 3 aromatic carbocycles. The maximum absolute atomic E-state index is 13.3. The first-order valence-electron chi connectivity index (χ1n) is 10.7. The summed E-state index contributed by atoms with van der Waals surface area (Å²) in [5.41, 5.74) is 3.66. The molecule has 33 heavy (non-hydrogen) atoms. The number of ether oxygens (including phenoxy) is 1. The zero-order chi connectivity index (χ0) is 23.4. The lowest BCUT2D eigenvalue weighted by Gasteiger charge is -2.24. The Kier molecular flexibility index (Phi) is 6.57. The molecule has 0 bridgehead atoms. The highest BCUT2D eigenvalue weighted by molar-refractivity contribution is 7.89. The van der Waals surface area contributed by atoms with E-state index < -0.39 is 22.6 Å². The molecule has 0 aromatic heterocycles. The third-order valence-electron chi connectivity index (χ3n) is 5.42. The van der Waals surface area contributed by atoms with Gasteiger partial charge in [-0.05, 0) is 54.3 Å². The third kappa shape index (κ3) is 4.81. The van der Waals surface area contributed by atoms with E-state index in [1.165, 1.54) is 24.3 Å². The number of fused-ring (bicyclic) bond motifs is 2. The summed E-state index contributed by atoms with van der Waals surface area (Å²) in [5, 5.41) is 0. The average Bonchev–Trinajstić information content (AvgIpc) is 2.99. The molecule has 0 saturated heterocycles. The Balaban J connectivity index is 1.56. The number of nitrogens with one attached hydrogen (secondary N) is 1. The van der Waals surface area contributed by atoms with Gasteiger partial charge in [-0.2, -0.15) is 0 Å². The molecular formula is C25H24N2O5S. The van der Waals surface area contributed by atoms with E-state index in [-0.39, 0.29) is 22.9 Å². The summed E-state index contributed by atoms with van der Waals surface area (Å²) in [4.78, 5) is 27.4. The largest absolute Gasteiger partial charge is 0.452 e. The van der Waals surface area contributed by atoms with Crippen LogP contribution < -0.4 is 9.62 Å². The highest BCUT2D eigenvalue weighted by atomic mass is 32.2. The highest BCUT2D eigenvalue weighted by Crippen LogP contribution is 2.36. The molecule has 8 heteroatoms. The number of sulfonamides is 1. The van der Waals surface area contributed by atoms with Gasteiger partial charge in [-0.1, -0.05) is 49.4 Å². The number of carbonyl (C=O) groups is 2. The summed E-state index contributed by atoms with van der Waals surface area (Å²) in [6.45, 7) is 1.41. The predicted octanol–water partition coefficient (Wildman–Crippen LogP) is 3.61. The second kappa shape index (κ2) is 9.56. The standard InChI is InChI=1S/C25H24N2O5S/c1-2-26-33(30,31)21-11-7-10-20(16-21)25(29)32-17-24(28)27-22-12-5-3-8-18(22)14-15-19-9-4-6-13-23(19)27/h3-13,16,26H,2,14-15,17H2,1H3. The van der Waals surface area contributed by atoms with Crippen LogP contribution in [0.15, 0.2) is 77.7 Å². The van der Waals surface area contributed by atoms with Crippen molar-refractivity contribution >= 4 is 33.3 Å². The van der Waals surface area contributed by atoms with Crippen LogP contribution in [0.4, 0.5) is 11.4 Å². The van der Waals surface area contributed by atoms with E-state index in [9.17, 15) is 18.0 Å². The maximum Gasteiger partial charge on any atom is 0.338 e. The van der Waals surface area contributed by atoms with Crippen LogP contribution in [0.25, 0.3) is 0 Å². The summed E-state index contributed by atoms with van der Waals surface area (Å²) < 4.78 is 32.1. The zero-order valence-electron chi connectivity index (χ0n) is 18.2. The quantitative estimate of drug-likeness (QED) is 0.563. The van der Waals surface area contributed by atoms with Gasteiger partial charge in [-0.15, -0.1) is 0 Å². The number of anilines is 2. The van der Waals surface area contributed by atoms with Crippen molar-refractivity contribution < 1.29 is 22.7 Å². The van der Waals surface area contributed by atoms with Crippen molar-refractivity contribution in [2.24, 2.45) is 0 Å². The predicted molar refractivity (Wildman–Crippen MR) is 125 cm³/mol. The molecule has 1 aliphatic heterocycles. The molecule has 0 unspecified atom stereocenters. The van der Waals surface area contributed by atoms with Crippen molar-refractivity contribution in [3.63, 3.8) is 0 Å². The van der Waals surface area contributed by atoms with Crippen molar-refractivity contribution in [2.75, 3.05) is 18.1 Å². The van der Waals surface area contributed by atoms with Gasteiger partial charge < -0.3 is 4.74 Å². The second-order valence-corrected chi connectivity index (χ2v) is 9.36. The van der Waals surface area contributed by atoms with Crippen LogP contribution >= 0.6 is 0 Å². The Morgan fingerprint density at radius 2 is 1.52 bits per heavy atom. The molecule has 1 amide bonds. The molecule has 0 fully saturated rings. The highest BCUT2D eigenvalue weighted by Gasteiger charge is 2.26. The molecule has 4 rings (SSSR count). The van der Waals surface area contributed by atoms with Crippen LogP contribution in [-0.4, -0.2) is 33.4 Å². The number of esters is 1. The Morgan fingerprint density at radius 3 is 2.12 bits per heavy atom. The van der Waals surface area contributed by atoms with Gasteiger partial charge in [0.15, 0.2) is 6.61 Å². The number of hydrogen-bond acceptors (Lipinski definition) is 5. The van der Waals surface area contributed by atoms with Crippen molar-refractivity contribution in [3.05, 3.63) is 89.5 Å². The molecule has 1 N–H and O–H groups in total. The molecule has 1 aliphatic rings. The number of aryl methyl sites for hydroxylation is 2. The molecular weight excluding hydrogens is 440 g/mol. The number of para-hydroxylation sites is 2. The summed E-state index contributed by atoms with van der Waals surface area (Å²) in [7, 11) is -3.72. The average molecular weight is 465 g/mol. The molecule has 0 atom stereocenters. The van der Waals surface area contributed by atoms with Gasteiger partial charge in [0.1, 0.15) is 0 Å². The van der Waals surface area contributed by atoms with Crippen LogP contribution in [0.3, 0.4) is 0 Å². The first-order valence-corrected chi connectivity index (χ1v) is 12.1. The Bertz CT molecular complexity index is 1260. The number of benzene rings is 3. The molecule has 7 nitrogen and oxygen atoms in total. The van der Waals surface area contributed by atoms with Gasteiger partial charge in [0.2, 0.25) is 10.0 Å². The van der Waals surface area contributed by atoms with Crippen LogP contribution in [0.1, 0.15) is 28.4 Å². The Hall–Kier alpha value is -3.49. The molecule has 3 aromatic rings. The van der Waals surface area contributed by atoms with Crippen LogP contribution in [0.5, 0.6) is 0 Å². The lowest BCUT2D eigenvalue weighted by molar-refractivity contribution is -0.120. The third-order valence-corrected chi connectivity index (χ3v) is 6.96. The second-order valence-electron chi connectivity index (χ2n) is 7.59. The smallest absolute Gasteiger partial charge is 0.338 e. The molecule has 170 valence electrons. The van der Waals surface area contributed by atoms with E-state index >= 15 is 0 Å². The number of carbonyl (C=O) groups excluding carboxylic acids is 2. The first-order chi connectivity index (χ1) is 15.9. The minimum Gasteiger partial charge on any atom is -0.452 e. The number of hydrogen-bond donors (Lipinski definition) is 1. The van der Waals surface area contributed by atoms with Crippen molar-refractivity contribution in [2.45, 2.75) is 24.7 Å². The lowest BCUT2D eigenvalue weighted by atomic mass is 10.0. The normalized spacial score (nSPS) is 12.9. The molecule has 0 radical (unpaired) electrons. The monoisotopic (exact) mass is 464 g/mol. The molecule has 0 aliphatic carbocycles. The summed E-state index contributed by atoms with van der Waals surface area (Å²) >= 11 is 0. The fraction of sp³-hybridized carbons (Fsp3) is 0.200. The summed E-state index contributed by atoms with van der Waals surface area (Å²) in [6, 6.07) is 20.9. The summed E-state index contributed by atoms with van der Waals surface area (Å²) in [5.74, 6) is -1.16. The van der Waals surface area contributed by atoms with Crippen LogP contribution in [0, 0.1) is 0 Å². The van der Waals surface area contributed by atoms with Crippen molar-refractivity contribution in [1.82, 2.24) is 4.72 Å². The number of amides is 1. The topological polar surface area (TPSA) is 92.8 Å². The van der Waals surface area contributed by atoms with Crippen LogP contribution in [-0.2, 0) is 32.4 Å². The zero-order valence-corrected chi connectivity index (χ0v) is 19.0. The van der Waals surface area contributed by atoms with Gasteiger partial charge in [0.25, 0.3) is 5.91 Å². The van der Waals surface area contributed by atoms with E-state index in [0.717, 1.165) is 35.3 Å². The Labute approximate surface area is 193 Å². The first kappa shape index (κ1) is 22.7. The van der Waals surface area contributed by atoms with Crippen molar-refractivity contribution in [1.29, 1.82) is 0 Å². The van der Waals surface area contributed by atoms with Crippen molar-refractivity contribution in [3.8, 4) is 0 Å². The van der Waals surface area contributed by atoms with Gasteiger partial charge in [0, 0.05) is 6.54 Å². The van der Waals surface area contributed by atoms with Gasteiger partial charge in [-0.3, -0.25) is 9.69 Å². The van der Waals surface area contributed by atoms with E-state index in [0.29, 0.717) is 0 Å². The maximum atomic E-state index is 13.3. The molecule has 0 spiro atoms. The SMILES string of the molecule is CCNS(=O)(=O)c1cccc(C(=O)OCC(=O)N2c3ccccc3CCc3ccccc32)c1. The van der Waals surface area contributed by atoms with E-state index in [1.807, 2.05) is 48.5 Å². The minimum atomic E-state index is -3.72. The van der Waals surface area contributed by atoms with Gasteiger partial charge >= 0.3 is 5.97 Å². The minimum absolute atomic E-state index is 0.0412. The lowest BCUT2D eigenvalue weighted by Crippen LogP contribution is -2.31.